The van der Waals surface area contributed by atoms with Crippen LogP contribution >= 0.6 is 0 Å². The molecule has 0 saturated carbocycles. The van der Waals surface area contributed by atoms with Gasteiger partial charge in [0.15, 0.2) is 0 Å². The lowest BCUT2D eigenvalue weighted by Gasteiger charge is -2.24. The maximum Gasteiger partial charge on any atom is 0.255 e. The molecular weight excluding hydrogens is 264 g/mol. The van der Waals surface area contributed by atoms with Crippen LogP contribution in [0, 0.1) is 0 Å². The number of nitrogens with zero attached hydrogens (tertiary/aromatic N) is 1. The van der Waals surface area contributed by atoms with E-state index in [1.807, 2.05) is 0 Å². The molecular formula is C12H20N4O2S. The van der Waals surface area contributed by atoms with Gasteiger partial charge in [0.25, 0.3) is 10.0 Å². The third-order valence-corrected chi connectivity index (χ3v) is 4.65. The van der Waals surface area contributed by atoms with E-state index < -0.39 is 10.0 Å². The zero-order chi connectivity index (χ0) is 13.6. The lowest BCUT2D eigenvalue weighted by molar-refractivity contribution is 0.307. The molecule has 1 fully saturated rings. The number of hydrogen-bond acceptors (Lipinski definition) is 5. The van der Waals surface area contributed by atoms with Crippen molar-refractivity contribution >= 4 is 10.0 Å². The Hall–Kier alpha value is -0.990. The highest BCUT2D eigenvalue weighted by Crippen LogP contribution is 2.12. The van der Waals surface area contributed by atoms with Gasteiger partial charge in [0, 0.05) is 39.3 Å². The summed E-state index contributed by atoms with van der Waals surface area (Å²) in [4.78, 5) is 0.313. The third-order valence-electron chi connectivity index (χ3n) is 2.89. The Morgan fingerprint density at radius 3 is 2.26 bits per heavy atom. The van der Waals surface area contributed by atoms with Crippen LogP contribution in [-0.4, -0.2) is 52.1 Å². The van der Waals surface area contributed by atoms with Gasteiger partial charge in [-0.05, 0) is 12.1 Å². The monoisotopic (exact) mass is 284 g/mol. The van der Waals surface area contributed by atoms with Crippen molar-refractivity contribution < 1.29 is 8.42 Å². The molecule has 1 aliphatic heterocycles. The average Bonchev–Trinajstić information content (AvgIpc) is 2.45. The molecule has 19 heavy (non-hydrogen) atoms. The Morgan fingerprint density at radius 2 is 1.53 bits per heavy atom. The number of nitrogens with one attached hydrogen (secondary N) is 3. The molecule has 6 nitrogen and oxygen atoms in total. The van der Waals surface area contributed by atoms with Crippen molar-refractivity contribution in [3.63, 3.8) is 0 Å². The van der Waals surface area contributed by atoms with Gasteiger partial charge in [-0.1, -0.05) is 18.2 Å². The maximum atomic E-state index is 12.5. The van der Waals surface area contributed by atoms with Crippen LogP contribution in [-0.2, 0) is 10.0 Å². The largest absolute Gasteiger partial charge is 0.314 e. The highest BCUT2D eigenvalue weighted by Gasteiger charge is 2.23. The second-order valence-electron chi connectivity index (χ2n) is 4.30. The number of rotatable bonds is 2. The van der Waals surface area contributed by atoms with Crippen molar-refractivity contribution in [1.29, 1.82) is 0 Å². The van der Waals surface area contributed by atoms with Crippen LogP contribution in [0.1, 0.15) is 0 Å². The standard InChI is InChI=1S/C12H20N4O2S/c17-19(18,12-4-2-1-3-5-12)16-11-10-14-7-6-13-8-9-15-16/h1-5,13-15H,6-11H2. The minimum absolute atomic E-state index is 0.313. The first-order chi connectivity index (χ1) is 9.21. The van der Waals surface area contributed by atoms with Gasteiger partial charge in [-0.2, -0.15) is 0 Å². The van der Waals surface area contributed by atoms with Crippen molar-refractivity contribution in [2.75, 3.05) is 39.3 Å². The highest BCUT2D eigenvalue weighted by atomic mass is 32.2. The van der Waals surface area contributed by atoms with Crippen LogP contribution in [0.3, 0.4) is 0 Å². The van der Waals surface area contributed by atoms with Gasteiger partial charge in [0.05, 0.1) is 4.90 Å². The number of benzene rings is 1. The lowest BCUT2D eigenvalue weighted by Crippen LogP contribution is -2.50. The van der Waals surface area contributed by atoms with Gasteiger partial charge in [0.1, 0.15) is 0 Å². The van der Waals surface area contributed by atoms with Crippen LogP contribution in [0.15, 0.2) is 35.2 Å². The molecule has 2 rings (SSSR count). The van der Waals surface area contributed by atoms with Crippen LogP contribution in [0.4, 0.5) is 0 Å². The van der Waals surface area contributed by atoms with E-state index in [1.165, 1.54) is 4.41 Å². The normalized spacial score (nSPS) is 20.0. The predicted octanol–water partition coefficient (Wildman–Crippen LogP) is -0.625. The van der Waals surface area contributed by atoms with E-state index in [0.717, 1.165) is 19.6 Å². The van der Waals surface area contributed by atoms with E-state index in [9.17, 15) is 8.42 Å². The van der Waals surface area contributed by atoms with Crippen molar-refractivity contribution in [2.24, 2.45) is 0 Å². The van der Waals surface area contributed by atoms with Gasteiger partial charge in [-0.3, -0.25) is 0 Å². The summed E-state index contributed by atoms with van der Waals surface area (Å²) >= 11 is 0. The molecule has 1 aliphatic rings. The summed E-state index contributed by atoms with van der Waals surface area (Å²) in [7, 11) is -3.48. The van der Waals surface area contributed by atoms with Crippen LogP contribution in [0.25, 0.3) is 0 Å². The van der Waals surface area contributed by atoms with E-state index in [4.69, 9.17) is 0 Å². The minimum Gasteiger partial charge on any atom is -0.314 e. The lowest BCUT2D eigenvalue weighted by atomic mass is 10.4. The second kappa shape index (κ2) is 6.97. The van der Waals surface area contributed by atoms with Gasteiger partial charge >= 0.3 is 0 Å². The van der Waals surface area contributed by atoms with Gasteiger partial charge in [-0.25, -0.2) is 13.8 Å². The Balaban J connectivity index is 2.12. The van der Waals surface area contributed by atoms with Gasteiger partial charge < -0.3 is 10.6 Å². The first-order valence-corrected chi connectivity index (χ1v) is 7.88. The molecule has 7 heteroatoms. The quantitative estimate of drug-likeness (QED) is 0.675. The molecule has 1 aromatic carbocycles. The summed E-state index contributed by atoms with van der Waals surface area (Å²) in [5.74, 6) is 0. The van der Waals surface area contributed by atoms with Crippen molar-refractivity contribution in [3.05, 3.63) is 30.3 Å². The topological polar surface area (TPSA) is 73.5 Å². The molecule has 0 unspecified atom stereocenters. The van der Waals surface area contributed by atoms with Crippen LogP contribution < -0.4 is 16.1 Å². The molecule has 1 aromatic rings. The molecule has 0 spiro atoms. The fourth-order valence-corrected chi connectivity index (χ4v) is 3.23. The zero-order valence-electron chi connectivity index (χ0n) is 10.8. The molecule has 1 heterocycles. The number of sulfonamides is 1. The van der Waals surface area contributed by atoms with Gasteiger partial charge in [0.2, 0.25) is 0 Å². The van der Waals surface area contributed by atoms with E-state index in [0.29, 0.717) is 24.5 Å². The fourth-order valence-electron chi connectivity index (χ4n) is 1.88. The predicted molar refractivity (Wildman–Crippen MR) is 74.1 cm³/mol. The fraction of sp³-hybridized carbons (Fsp3) is 0.500. The van der Waals surface area contributed by atoms with E-state index in [1.54, 1.807) is 30.3 Å². The number of hydrazine groups is 1. The minimum atomic E-state index is -3.48. The Kier molecular flexibility index (Phi) is 5.29. The maximum absolute atomic E-state index is 12.5. The van der Waals surface area contributed by atoms with Crippen LogP contribution in [0.5, 0.6) is 0 Å². The van der Waals surface area contributed by atoms with Crippen molar-refractivity contribution in [3.8, 4) is 0 Å². The Morgan fingerprint density at radius 1 is 0.895 bits per heavy atom. The van der Waals surface area contributed by atoms with Crippen molar-refractivity contribution in [2.45, 2.75) is 4.90 Å². The van der Waals surface area contributed by atoms with Gasteiger partial charge in [-0.15, -0.1) is 4.41 Å². The molecule has 106 valence electrons. The van der Waals surface area contributed by atoms with Crippen molar-refractivity contribution in [1.82, 2.24) is 20.5 Å². The highest BCUT2D eigenvalue weighted by molar-refractivity contribution is 7.89. The summed E-state index contributed by atoms with van der Waals surface area (Å²) in [6.45, 7) is 4.11. The SMILES string of the molecule is O=S(=O)(c1ccccc1)N1CCNCCNCCN1. The van der Waals surface area contributed by atoms with E-state index >= 15 is 0 Å². The first kappa shape index (κ1) is 14.4. The summed E-state index contributed by atoms with van der Waals surface area (Å²) in [6, 6.07) is 8.49. The molecule has 0 bridgehead atoms. The van der Waals surface area contributed by atoms with E-state index in [-0.39, 0.29) is 0 Å². The molecule has 0 radical (unpaired) electrons. The van der Waals surface area contributed by atoms with Crippen LogP contribution in [0.2, 0.25) is 0 Å². The Bertz CT molecular complexity index is 468. The smallest absolute Gasteiger partial charge is 0.255 e. The molecule has 0 atom stereocenters. The average molecular weight is 284 g/mol. The first-order valence-electron chi connectivity index (χ1n) is 6.44. The molecule has 1 saturated heterocycles. The summed E-state index contributed by atoms with van der Waals surface area (Å²) in [5, 5.41) is 6.42. The molecule has 0 aromatic heterocycles. The summed E-state index contributed by atoms with van der Waals surface area (Å²) in [5.41, 5.74) is 2.97. The molecule has 3 N–H and O–H groups in total. The summed E-state index contributed by atoms with van der Waals surface area (Å²) in [6.07, 6.45) is 0. The Labute approximate surface area is 114 Å². The molecule has 0 amide bonds. The summed E-state index contributed by atoms with van der Waals surface area (Å²) < 4.78 is 26.3. The second-order valence-corrected chi connectivity index (χ2v) is 6.16. The molecule has 0 aliphatic carbocycles. The van der Waals surface area contributed by atoms with E-state index in [2.05, 4.69) is 16.1 Å². The zero-order valence-corrected chi connectivity index (χ0v) is 11.6. The third kappa shape index (κ3) is 3.99. The number of hydrogen-bond donors (Lipinski definition) is 3.